The summed E-state index contributed by atoms with van der Waals surface area (Å²) in [4.78, 5) is 2.09. The van der Waals surface area contributed by atoms with Crippen molar-refractivity contribution in [3.8, 4) is 0 Å². The topological polar surface area (TPSA) is 33.7 Å². The van der Waals surface area contributed by atoms with Gasteiger partial charge in [-0.15, -0.1) is 0 Å². The summed E-state index contributed by atoms with van der Waals surface area (Å²) < 4.78 is 45.5. The Morgan fingerprint density at radius 2 is 2.00 bits per heavy atom. The molecule has 1 rings (SSSR count). The summed E-state index contributed by atoms with van der Waals surface area (Å²) in [6.07, 6.45) is -1.97. The third-order valence-corrected chi connectivity index (χ3v) is 3.07. The van der Waals surface area contributed by atoms with E-state index in [1.807, 2.05) is 0 Å². The summed E-state index contributed by atoms with van der Waals surface area (Å²) in [7, 11) is 1.62. The molecule has 1 fully saturated rings. The highest BCUT2D eigenvalue weighted by Gasteiger charge is 2.27. The number of hydrogen-bond donors (Lipinski definition) is 1. The molecule has 0 aromatic rings. The van der Waals surface area contributed by atoms with Crippen LogP contribution in [0.3, 0.4) is 0 Å². The van der Waals surface area contributed by atoms with Crippen molar-refractivity contribution >= 4 is 0 Å². The van der Waals surface area contributed by atoms with E-state index in [0.29, 0.717) is 25.7 Å². The quantitative estimate of drug-likeness (QED) is 0.647. The highest BCUT2D eigenvalue weighted by atomic mass is 19.4. The van der Waals surface area contributed by atoms with Crippen LogP contribution in [-0.2, 0) is 9.47 Å². The van der Waals surface area contributed by atoms with Crippen LogP contribution in [0.2, 0.25) is 0 Å². The second-order valence-corrected chi connectivity index (χ2v) is 4.75. The van der Waals surface area contributed by atoms with Gasteiger partial charge >= 0.3 is 6.18 Å². The van der Waals surface area contributed by atoms with E-state index in [9.17, 15) is 13.2 Å². The lowest BCUT2D eigenvalue weighted by Crippen LogP contribution is -2.41. The lowest BCUT2D eigenvalue weighted by Gasteiger charge is -2.25. The molecule has 0 aromatic carbocycles. The first-order valence-electron chi connectivity index (χ1n) is 6.60. The number of hydrogen-bond acceptors (Lipinski definition) is 4. The van der Waals surface area contributed by atoms with Crippen molar-refractivity contribution in [2.75, 3.05) is 53.1 Å². The number of ether oxygens (including phenoxy) is 2. The zero-order valence-corrected chi connectivity index (χ0v) is 11.3. The highest BCUT2D eigenvalue weighted by molar-refractivity contribution is 4.77. The smallest absolute Gasteiger partial charge is 0.383 e. The van der Waals surface area contributed by atoms with E-state index < -0.39 is 12.8 Å². The molecule has 0 saturated carbocycles. The number of methoxy groups -OCH3 is 1. The fourth-order valence-electron chi connectivity index (χ4n) is 2.12. The fraction of sp³-hybridized carbons (Fsp3) is 1.00. The number of nitrogens with zero attached hydrogens (tertiary/aromatic N) is 1. The molecule has 19 heavy (non-hydrogen) atoms. The Hall–Kier alpha value is -0.370. The van der Waals surface area contributed by atoms with Gasteiger partial charge in [0.2, 0.25) is 0 Å². The maximum atomic E-state index is 11.9. The van der Waals surface area contributed by atoms with Crippen LogP contribution < -0.4 is 5.32 Å². The Labute approximate surface area is 112 Å². The molecule has 1 saturated heterocycles. The Balaban J connectivity index is 2.20. The maximum absolute atomic E-state index is 11.9. The predicted octanol–water partition coefficient (Wildman–Crippen LogP) is 1.27. The molecule has 1 atom stereocenters. The zero-order chi connectivity index (χ0) is 14.1. The van der Waals surface area contributed by atoms with Gasteiger partial charge in [0.1, 0.15) is 6.61 Å². The minimum atomic E-state index is -4.25. The van der Waals surface area contributed by atoms with Gasteiger partial charge < -0.3 is 14.8 Å². The van der Waals surface area contributed by atoms with E-state index in [4.69, 9.17) is 4.74 Å². The summed E-state index contributed by atoms with van der Waals surface area (Å²) >= 11 is 0. The van der Waals surface area contributed by atoms with Crippen molar-refractivity contribution in [1.29, 1.82) is 0 Å². The van der Waals surface area contributed by atoms with E-state index in [-0.39, 0.29) is 6.61 Å². The second-order valence-electron chi connectivity index (χ2n) is 4.75. The Bertz CT molecular complexity index is 234. The molecule has 0 aromatic heterocycles. The lowest BCUT2D eigenvalue weighted by atomic mass is 10.2. The average Bonchev–Trinajstić information content (AvgIpc) is 2.82. The molecule has 0 aliphatic carbocycles. The summed E-state index contributed by atoms with van der Waals surface area (Å²) in [5.74, 6) is 0. The minimum absolute atomic E-state index is 0.0932. The van der Waals surface area contributed by atoms with Crippen LogP contribution in [-0.4, -0.2) is 70.2 Å². The van der Waals surface area contributed by atoms with Crippen LogP contribution in [0.15, 0.2) is 0 Å². The number of halogens is 3. The van der Waals surface area contributed by atoms with Crippen LogP contribution in [0.4, 0.5) is 13.2 Å². The van der Waals surface area contributed by atoms with Gasteiger partial charge in [-0.2, -0.15) is 13.2 Å². The first kappa shape index (κ1) is 16.7. The molecule has 7 heteroatoms. The number of alkyl halides is 3. The standard InChI is InChI=1S/C12H23F3N2O2/c1-18-7-5-17(9-11-3-2-4-16-11)6-8-19-10-12(13,14)15/h11,16H,2-10H2,1H3. The zero-order valence-electron chi connectivity index (χ0n) is 11.3. The van der Waals surface area contributed by atoms with Gasteiger partial charge in [-0.3, -0.25) is 4.90 Å². The molecule has 0 amide bonds. The Kier molecular flexibility index (Phi) is 7.67. The van der Waals surface area contributed by atoms with E-state index >= 15 is 0 Å². The molecule has 0 spiro atoms. The molecule has 0 bridgehead atoms. The van der Waals surface area contributed by atoms with Crippen LogP contribution in [0.1, 0.15) is 12.8 Å². The van der Waals surface area contributed by atoms with Crippen LogP contribution in [0.5, 0.6) is 0 Å². The first-order valence-corrected chi connectivity index (χ1v) is 6.60. The fourth-order valence-corrected chi connectivity index (χ4v) is 2.12. The lowest BCUT2D eigenvalue weighted by molar-refractivity contribution is -0.174. The molecule has 4 nitrogen and oxygen atoms in total. The van der Waals surface area contributed by atoms with Crippen LogP contribution in [0, 0.1) is 0 Å². The van der Waals surface area contributed by atoms with Crippen molar-refractivity contribution in [2.24, 2.45) is 0 Å². The molecule has 1 N–H and O–H groups in total. The summed E-state index contributed by atoms with van der Waals surface area (Å²) in [6, 6.07) is 0.430. The van der Waals surface area contributed by atoms with Crippen LogP contribution in [0.25, 0.3) is 0 Å². The molecule has 1 aliphatic rings. The predicted molar refractivity (Wildman–Crippen MR) is 66.2 cm³/mol. The molecule has 114 valence electrons. The van der Waals surface area contributed by atoms with Crippen LogP contribution >= 0.6 is 0 Å². The summed E-state index contributed by atoms with van der Waals surface area (Å²) in [6.45, 7) is 2.56. The van der Waals surface area contributed by atoms with Gasteiger partial charge in [0.05, 0.1) is 13.2 Å². The van der Waals surface area contributed by atoms with Gasteiger partial charge in [-0.1, -0.05) is 0 Å². The number of rotatable bonds is 9. The highest BCUT2D eigenvalue weighted by Crippen LogP contribution is 2.14. The summed E-state index contributed by atoms with van der Waals surface area (Å²) in [5, 5.41) is 3.37. The van der Waals surface area contributed by atoms with Crippen molar-refractivity contribution in [1.82, 2.24) is 10.2 Å². The minimum Gasteiger partial charge on any atom is -0.383 e. The molecule has 1 unspecified atom stereocenters. The number of nitrogens with one attached hydrogen (secondary N) is 1. The monoisotopic (exact) mass is 284 g/mol. The Morgan fingerprint density at radius 3 is 2.58 bits per heavy atom. The Morgan fingerprint density at radius 1 is 1.26 bits per heavy atom. The van der Waals surface area contributed by atoms with Crippen molar-refractivity contribution in [3.05, 3.63) is 0 Å². The molecule has 1 aliphatic heterocycles. The average molecular weight is 284 g/mol. The van der Waals surface area contributed by atoms with E-state index in [2.05, 4.69) is 15.0 Å². The van der Waals surface area contributed by atoms with E-state index in [0.717, 1.165) is 25.9 Å². The van der Waals surface area contributed by atoms with E-state index in [1.54, 1.807) is 7.11 Å². The molecular weight excluding hydrogens is 261 g/mol. The van der Waals surface area contributed by atoms with Gasteiger partial charge in [0, 0.05) is 32.8 Å². The third-order valence-electron chi connectivity index (χ3n) is 3.07. The van der Waals surface area contributed by atoms with Crippen molar-refractivity contribution in [3.63, 3.8) is 0 Å². The van der Waals surface area contributed by atoms with Gasteiger partial charge in [-0.05, 0) is 19.4 Å². The molecule has 1 heterocycles. The SMILES string of the molecule is COCCN(CCOCC(F)(F)F)CC1CCCN1. The summed E-state index contributed by atoms with van der Waals surface area (Å²) in [5.41, 5.74) is 0. The molecular formula is C12H23F3N2O2. The molecule has 0 radical (unpaired) electrons. The van der Waals surface area contributed by atoms with Gasteiger partial charge in [0.25, 0.3) is 0 Å². The normalized spacial score (nSPS) is 20.4. The van der Waals surface area contributed by atoms with Gasteiger partial charge in [0.15, 0.2) is 0 Å². The first-order chi connectivity index (χ1) is 9.01. The van der Waals surface area contributed by atoms with Crippen molar-refractivity contribution in [2.45, 2.75) is 25.1 Å². The van der Waals surface area contributed by atoms with Gasteiger partial charge in [-0.25, -0.2) is 0 Å². The third kappa shape index (κ3) is 8.41. The van der Waals surface area contributed by atoms with Crippen molar-refractivity contribution < 1.29 is 22.6 Å². The maximum Gasteiger partial charge on any atom is 0.411 e. The second kappa shape index (κ2) is 8.73. The van der Waals surface area contributed by atoms with E-state index in [1.165, 1.54) is 0 Å². The largest absolute Gasteiger partial charge is 0.411 e.